The van der Waals surface area contributed by atoms with Gasteiger partial charge in [0, 0.05) is 13.1 Å². The molecule has 0 radical (unpaired) electrons. The molecule has 1 saturated heterocycles. The second-order valence-corrected chi connectivity index (χ2v) is 5.64. The quantitative estimate of drug-likeness (QED) is 0.749. The summed E-state index contributed by atoms with van der Waals surface area (Å²) in [6, 6.07) is 0. The molecule has 0 aromatic heterocycles. The lowest BCUT2D eigenvalue weighted by Crippen LogP contribution is -2.39. The van der Waals surface area contributed by atoms with Gasteiger partial charge >= 0.3 is 5.97 Å². The maximum Gasteiger partial charge on any atom is 0.306 e. The Kier molecular flexibility index (Phi) is 4.32. The molecule has 0 aliphatic carbocycles. The summed E-state index contributed by atoms with van der Waals surface area (Å²) in [6.07, 6.45) is 4.61. The molecule has 0 aromatic carbocycles. The minimum absolute atomic E-state index is 0.00491. The van der Waals surface area contributed by atoms with Crippen LogP contribution in [0.25, 0.3) is 0 Å². The number of piperidine rings is 1. The lowest BCUT2D eigenvalue weighted by Gasteiger charge is -2.29. The first-order chi connectivity index (χ1) is 7.79. The lowest BCUT2D eigenvalue weighted by molar-refractivity contribution is -0.144. The summed E-state index contributed by atoms with van der Waals surface area (Å²) in [5, 5.41) is 8.86. The second-order valence-electron chi connectivity index (χ2n) is 5.64. The van der Waals surface area contributed by atoms with Gasteiger partial charge in [-0.05, 0) is 24.3 Å². The van der Waals surface area contributed by atoms with Gasteiger partial charge in [0.25, 0.3) is 0 Å². The van der Waals surface area contributed by atoms with Crippen LogP contribution in [0.3, 0.4) is 0 Å². The summed E-state index contributed by atoms with van der Waals surface area (Å²) >= 11 is 0. The van der Waals surface area contributed by atoms with E-state index in [0.29, 0.717) is 25.9 Å². The zero-order chi connectivity index (χ0) is 13.1. The van der Waals surface area contributed by atoms with Crippen molar-refractivity contribution in [3.05, 3.63) is 12.2 Å². The molecule has 4 heteroatoms. The topological polar surface area (TPSA) is 57.6 Å². The Morgan fingerprint density at radius 3 is 2.18 bits per heavy atom. The Hall–Kier alpha value is -1.32. The zero-order valence-corrected chi connectivity index (χ0v) is 10.8. The third-order valence-electron chi connectivity index (χ3n) is 2.88. The molecule has 96 valence electrons. The number of rotatable bonds is 2. The van der Waals surface area contributed by atoms with Crippen molar-refractivity contribution < 1.29 is 14.7 Å². The summed E-state index contributed by atoms with van der Waals surface area (Å²) < 4.78 is 0. The van der Waals surface area contributed by atoms with Crippen LogP contribution in [0.4, 0.5) is 0 Å². The van der Waals surface area contributed by atoms with Crippen LogP contribution in [-0.2, 0) is 9.59 Å². The summed E-state index contributed by atoms with van der Waals surface area (Å²) in [5.41, 5.74) is -0.00491. The highest BCUT2D eigenvalue weighted by Crippen LogP contribution is 2.19. The smallest absolute Gasteiger partial charge is 0.306 e. The molecule has 1 aliphatic rings. The Bertz CT molecular complexity index is 320. The molecule has 0 atom stereocenters. The molecular formula is C13H21NO3. The molecule has 1 heterocycles. The fourth-order valence-corrected chi connectivity index (χ4v) is 1.77. The number of hydrogen-bond acceptors (Lipinski definition) is 2. The molecule has 0 unspecified atom stereocenters. The van der Waals surface area contributed by atoms with Gasteiger partial charge in [0.15, 0.2) is 0 Å². The second kappa shape index (κ2) is 5.34. The summed E-state index contributed by atoms with van der Waals surface area (Å²) in [5.74, 6) is -1.04. The van der Waals surface area contributed by atoms with Crippen molar-refractivity contribution in [1.29, 1.82) is 0 Å². The minimum Gasteiger partial charge on any atom is -0.481 e. The van der Waals surface area contributed by atoms with Gasteiger partial charge in [-0.3, -0.25) is 9.59 Å². The van der Waals surface area contributed by atoms with Gasteiger partial charge in [0.2, 0.25) is 5.91 Å². The predicted octanol–water partition coefficient (Wildman–Crippen LogP) is 1.91. The zero-order valence-electron chi connectivity index (χ0n) is 10.8. The van der Waals surface area contributed by atoms with E-state index in [1.165, 1.54) is 0 Å². The van der Waals surface area contributed by atoms with E-state index in [-0.39, 0.29) is 17.2 Å². The van der Waals surface area contributed by atoms with Crippen molar-refractivity contribution in [3.8, 4) is 0 Å². The van der Waals surface area contributed by atoms with E-state index in [1.807, 2.05) is 26.8 Å². The maximum atomic E-state index is 11.8. The number of carboxylic acids is 1. The van der Waals surface area contributed by atoms with Crippen molar-refractivity contribution >= 4 is 11.9 Å². The van der Waals surface area contributed by atoms with Gasteiger partial charge in [-0.25, -0.2) is 0 Å². The van der Waals surface area contributed by atoms with E-state index in [9.17, 15) is 9.59 Å². The van der Waals surface area contributed by atoms with Crippen molar-refractivity contribution in [2.24, 2.45) is 11.3 Å². The number of aliphatic carboxylic acids is 1. The molecule has 0 bridgehead atoms. The predicted molar refractivity (Wildman–Crippen MR) is 65.5 cm³/mol. The molecule has 1 fully saturated rings. The number of nitrogens with zero attached hydrogens (tertiary/aromatic N) is 1. The van der Waals surface area contributed by atoms with Gasteiger partial charge in [0.05, 0.1) is 5.92 Å². The van der Waals surface area contributed by atoms with Crippen LogP contribution in [0.2, 0.25) is 0 Å². The van der Waals surface area contributed by atoms with Gasteiger partial charge in [-0.1, -0.05) is 26.8 Å². The molecule has 1 rings (SSSR count). The van der Waals surface area contributed by atoms with Crippen molar-refractivity contribution in [3.63, 3.8) is 0 Å². The third-order valence-corrected chi connectivity index (χ3v) is 2.88. The first-order valence-corrected chi connectivity index (χ1v) is 6.00. The first-order valence-electron chi connectivity index (χ1n) is 6.00. The Morgan fingerprint density at radius 1 is 1.24 bits per heavy atom. The van der Waals surface area contributed by atoms with Crippen LogP contribution in [0.5, 0.6) is 0 Å². The van der Waals surface area contributed by atoms with E-state index in [1.54, 1.807) is 11.0 Å². The number of carboxylic acid groups (broad SMARTS) is 1. The Balaban J connectivity index is 2.47. The number of carbonyl (C=O) groups is 2. The highest BCUT2D eigenvalue weighted by molar-refractivity contribution is 5.87. The number of hydrogen-bond donors (Lipinski definition) is 1. The Morgan fingerprint density at radius 2 is 1.76 bits per heavy atom. The monoisotopic (exact) mass is 239 g/mol. The van der Waals surface area contributed by atoms with E-state index >= 15 is 0 Å². The fraction of sp³-hybridized carbons (Fsp3) is 0.692. The van der Waals surface area contributed by atoms with Gasteiger partial charge < -0.3 is 10.0 Å². The molecule has 0 spiro atoms. The molecular weight excluding hydrogens is 218 g/mol. The van der Waals surface area contributed by atoms with Gasteiger partial charge in [-0.2, -0.15) is 0 Å². The largest absolute Gasteiger partial charge is 0.481 e. The number of allylic oxidation sites excluding steroid dienone is 1. The summed E-state index contributed by atoms with van der Waals surface area (Å²) in [6.45, 7) is 7.20. The van der Waals surface area contributed by atoms with Crippen LogP contribution in [0.1, 0.15) is 33.6 Å². The highest BCUT2D eigenvalue weighted by Gasteiger charge is 2.26. The van der Waals surface area contributed by atoms with Crippen LogP contribution in [-0.4, -0.2) is 35.0 Å². The van der Waals surface area contributed by atoms with E-state index < -0.39 is 5.97 Å². The average Bonchev–Trinajstić information content (AvgIpc) is 2.25. The van der Waals surface area contributed by atoms with Crippen LogP contribution >= 0.6 is 0 Å². The van der Waals surface area contributed by atoms with E-state index in [0.717, 1.165) is 0 Å². The van der Waals surface area contributed by atoms with Crippen LogP contribution in [0, 0.1) is 11.3 Å². The molecule has 1 aliphatic heterocycles. The minimum atomic E-state index is -0.748. The molecule has 1 N–H and O–H groups in total. The molecule has 0 aromatic rings. The number of carbonyl (C=O) groups excluding carboxylic acids is 1. The van der Waals surface area contributed by atoms with Gasteiger partial charge in [-0.15, -0.1) is 0 Å². The van der Waals surface area contributed by atoms with Crippen LogP contribution < -0.4 is 0 Å². The van der Waals surface area contributed by atoms with Gasteiger partial charge in [0.1, 0.15) is 0 Å². The highest BCUT2D eigenvalue weighted by atomic mass is 16.4. The number of likely N-dealkylation sites (tertiary alicyclic amines) is 1. The normalized spacial score (nSPS) is 18.6. The molecule has 0 saturated carbocycles. The molecule has 1 amide bonds. The fourth-order valence-electron chi connectivity index (χ4n) is 1.77. The summed E-state index contributed by atoms with van der Waals surface area (Å²) in [7, 11) is 0. The first kappa shape index (κ1) is 13.7. The Labute approximate surface area is 102 Å². The van der Waals surface area contributed by atoms with E-state index in [2.05, 4.69) is 0 Å². The molecule has 17 heavy (non-hydrogen) atoms. The third kappa shape index (κ3) is 4.59. The standard InChI is InChI=1S/C13H21NO3/c1-13(2,3)7-4-11(15)14-8-5-10(6-9-14)12(16)17/h4,7,10H,5-6,8-9H2,1-3H3,(H,16,17). The van der Waals surface area contributed by atoms with E-state index in [4.69, 9.17) is 5.11 Å². The molecule has 4 nitrogen and oxygen atoms in total. The van der Waals surface area contributed by atoms with Crippen LogP contribution in [0.15, 0.2) is 12.2 Å². The lowest BCUT2D eigenvalue weighted by atomic mass is 9.95. The van der Waals surface area contributed by atoms with Crippen molar-refractivity contribution in [1.82, 2.24) is 4.90 Å². The average molecular weight is 239 g/mol. The SMILES string of the molecule is CC(C)(C)C=CC(=O)N1CCC(C(=O)O)CC1. The maximum absolute atomic E-state index is 11.8. The summed E-state index contributed by atoms with van der Waals surface area (Å²) in [4.78, 5) is 24.3. The van der Waals surface area contributed by atoms with Crippen molar-refractivity contribution in [2.45, 2.75) is 33.6 Å². The van der Waals surface area contributed by atoms with Crippen molar-refractivity contribution in [2.75, 3.05) is 13.1 Å². The number of amides is 1.